The molecular formula is C23H23N5O4. The Kier molecular flexibility index (Phi) is 6.00. The van der Waals surface area contributed by atoms with Gasteiger partial charge in [-0.25, -0.2) is 4.98 Å². The molecule has 32 heavy (non-hydrogen) atoms. The zero-order valence-electron chi connectivity index (χ0n) is 17.5. The number of benzene rings is 2. The standard InChI is InChI=1S/C23H23N5O4/c1-14(29)26-16-2-5-18(6-3-16)28-10-11-32-20(23(28)31)13-21(30)27-17-4-7-19-15(12-17)8-9-25-22(19)24/h2-9,12,20H,10-11,13H2,1H3,(H2,24,25)(H,26,29)(H,27,30)/t20-/m1/s1. The molecule has 2 heterocycles. The molecule has 0 spiro atoms. The summed E-state index contributed by atoms with van der Waals surface area (Å²) in [5.41, 5.74) is 7.78. The van der Waals surface area contributed by atoms with Crippen molar-refractivity contribution in [2.45, 2.75) is 19.4 Å². The van der Waals surface area contributed by atoms with Crippen LogP contribution in [0.4, 0.5) is 22.9 Å². The fraction of sp³-hybridized carbons (Fsp3) is 0.217. The van der Waals surface area contributed by atoms with Crippen LogP contribution in [0, 0.1) is 0 Å². The van der Waals surface area contributed by atoms with E-state index in [9.17, 15) is 14.4 Å². The highest BCUT2D eigenvalue weighted by atomic mass is 16.5. The van der Waals surface area contributed by atoms with Crippen molar-refractivity contribution in [1.29, 1.82) is 0 Å². The fourth-order valence-electron chi connectivity index (χ4n) is 3.63. The average Bonchev–Trinajstić information content (AvgIpc) is 2.76. The van der Waals surface area contributed by atoms with Crippen LogP contribution in [-0.4, -0.2) is 42.0 Å². The number of nitrogens with one attached hydrogen (secondary N) is 2. The van der Waals surface area contributed by atoms with Crippen molar-refractivity contribution in [3.8, 4) is 0 Å². The Morgan fingerprint density at radius 1 is 1.12 bits per heavy atom. The van der Waals surface area contributed by atoms with Gasteiger partial charge in [0.05, 0.1) is 13.0 Å². The van der Waals surface area contributed by atoms with Crippen LogP contribution in [0.3, 0.4) is 0 Å². The van der Waals surface area contributed by atoms with Gasteiger partial charge in [0.2, 0.25) is 11.8 Å². The number of hydrogen-bond donors (Lipinski definition) is 3. The summed E-state index contributed by atoms with van der Waals surface area (Å²) in [6.07, 6.45) is 0.629. The lowest BCUT2D eigenvalue weighted by molar-refractivity contribution is -0.137. The molecule has 9 nitrogen and oxygen atoms in total. The smallest absolute Gasteiger partial charge is 0.256 e. The Bertz CT molecular complexity index is 1180. The second-order valence-electron chi connectivity index (χ2n) is 7.46. The maximum atomic E-state index is 12.9. The van der Waals surface area contributed by atoms with E-state index in [0.29, 0.717) is 36.0 Å². The number of pyridine rings is 1. The van der Waals surface area contributed by atoms with Crippen LogP contribution in [-0.2, 0) is 19.1 Å². The molecule has 3 amide bonds. The van der Waals surface area contributed by atoms with Crippen molar-refractivity contribution in [2.75, 3.05) is 34.4 Å². The monoisotopic (exact) mass is 433 g/mol. The number of hydrogen-bond acceptors (Lipinski definition) is 6. The maximum Gasteiger partial charge on any atom is 0.256 e. The molecule has 0 aliphatic carbocycles. The lowest BCUT2D eigenvalue weighted by Gasteiger charge is -2.32. The van der Waals surface area contributed by atoms with Gasteiger partial charge in [0.25, 0.3) is 5.91 Å². The molecule has 0 saturated carbocycles. The summed E-state index contributed by atoms with van der Waals surface area (Å²) in [5, 5.41) is 7.16. The summed E-state index contributed by atoms with van der Waals surface area (Å²) < 4.78 is 5.58. The summed E-state index contributed by atoms with van der Waals surface area (Å²) in [6, 6.07) is 14.1. The topological polar surface area (TPSA) is 127 Å². The Hall–Kier alpha value is -3.98. The number of rotatable bonds is 5. The van der Waals surface area contributed by atoms with E-state index < -0.39 is 6.10 Å². The van der Waals surface area contributed by atoms with Crippen molar-refractivity contribution in [2.24, 2.45) is 0 Å². The summed E-state index contributed by atoms with van der Waals surface area (Å²) in [7, 11) is 0. The highest BCUT2D eigenvalue weighted by Gasteiger charge is 2.32. The molecule has 1 fully saturated rings. The molecule has 0 bridgehead atoms. The largest absolute Gasteiger partial charge is 0.383 e. The number of fused-ring (bicyclic) bond motifs is 1. The Morgan fingerprint density at radius 2 is 1.88 bits per heavy atom. The predicted molar refractivity (Wildman–Crippen MR) is 122 cm³/mol. The third kappa shape index (κ3) is 4.68. The minimum absolute atomic E-state index is 0.101. The van der Waals surface area contributed by atoms with Crippen LogP contribution in [0.2, 0.25) is 0 Å². The summed E-state index contributed by atoms with van der Waals surface area (Å²) in [6.45, 7) is 2.13. The Balaban J connectivity index is 1.41. The van der Waals surface area contributed by atoms with E-state index in [-0.39, 0.29) is 24.1 Å². The Morgan fingerprint density at radius 3 is 2.62 bits per heavy atom. The van der Waals surface area contributed by atoms with Crippen molar-refractivity contribution < 1.29 is 19.1 Å². The van der Waals surface area contributed by atoms with Gasteiger partial charge in [-0.3, -0.25) is 14.4 Å². The molecule has 164 valence electrons. The predicted octanol–water partition coefficient (Wildman–Crippen LogP) is 2.54. The number of carbonyl (C=O) groups is 3. The lowest BCUT2D eigenvalue weighted by Crippen LogP contribution is -2.49. The zero-order chi connectivity index (χ0) is 22.7. The number of carbonyl (C=O) groups excluding carboxylic acids is 3. The second kappa shape index (κ2) is 9.03. The molecule has 1 aliphatic rings. The van der Waals surface area contributed by atoms with Crippen LogP contribution >= 0.6 is 0 Å². The summed E-state index contributed by atoms with van der Waals surface area (Å²) in [4.78, 5) is 42.3. The molecule has 0 unspecified atom stereocenters. The highest BCUT2D eigenvalue weighted by molar-refractivity contribution is 6.02. The van der Waals surface area contributed by atoms with Crippen LogP contribution < -0.4 is 21.3 Å². The molecule has 1 aliphatic heterocycles. The van der Waals surface area contributed by atoms with Gasteiger partial charge in [-0.15, -0.1) is 0 Å². The van der Waals surface area contributed by atoms with E-state index in [1.807, 2.05) is 6.07 Å². The first-order chi connectivity index (χ1) is 15.4. The first-order valence-electron chi connectivity index (χ1n) is 10.2. The van der Waals surface area contributed by atoms with Gasteiger partial charge in [-0.1, -0.05) is 0 Å². The van der Waals surface area contributed by atoms with Crippen LogP contribution in [0.1, 0.15) is 13.3 Å². The van der Waals surface area contributed by atoms with Gasteiger partial charge in [0.1, 0.15) is 11.9 Å². The summed E-state index contributed by atoms with van der Waals surface area (Å²) >= 11 is 0. The molecule has 1 saturated heterocycles. The SMILES string of the molecule is CC(=O)Nc1ccc(N2CCO[C@H](CC(=O)Nc3ccc4c(N)nccc4c3)C2=O)cc1. The fourth-order valence-corrected chi connectivity index (χ4v) is 3.63. The van der Waals surface area contributed by atoms with Crippen molar-refractivity contribution >= 4 is 51.4 Å². The quantitative estimate of drug-likeness (QED) is 0.568. The molecule has 4 rings (SSSR count). The van der Waals surface area contributed by atoms with E-state index >= 15 is 0 Å². The van der Waals surface area contributed by atoms with Crippen molar-refractivity contribution in [3.63, 3.8) is 0 Å². The van der Waals surface area contributed by atoms with E-state index in [4.69, 9.17) is 10.5 Å². The Labute approximate surface area is 184 Å². The van der Waals surface area contributed by atoms with Gasteiger partial charge in [0, 0.05) is 42.1 Å². The van der Waals surface area contributed by atoms with E-state index in [0.717, 1.165) is 10.8 Å². The summed E-state index contributed by atoms with van der Waals surface area (Å²) in [5.74, 6) is -0.353. The second-order valence-corrected chi connectivity index (χ2v) is 7.46. The van der Waals surface area contributed by atoms with E-state index in [2.05, 4.69) is 15.6 Å². The molecule has 2 aromatic carbocycles. The highest BCUT2D eigenvalue weighted by Crippen LogP contribution is 2.24. The average molecular weight is 433 g/mol. The zero-order valence-corrected chi connectivity index (χ0v) is 17.5. The lowest BCUT2D eigenvalue weighted by atomic mass is 10.1. The number of nitrogens with zero attached hydrogens (tertiary/aromatic N) is 2. The molecule has 1 aromatic heterocycles. The number of ether oxygens (including phenoxy) is 1. The third-order valence-corrected chi connectivity index (χ3v) is 5.12. The minimum atomic E-state index is -0.876. The number of amides is 3. The normalized spacial score (nSPS) is 16.1. The van der Waals surface area contributed by atoms with Crippen LogP contribution in [0.5, 0.6) is 0 Å². The molecule has 4 N–H and O–H groups in total. The van der Waals surface area contributed by atoms with Gasteiger partial charge in [0.15, 0.2) is 0 Å². The number of aromatic nitrogens is 1. The minimum Gasteiger partial charge on any atom is -0.383 e. The van der Waals surface area contributed by atoms with E-state index in [1.165, 1.54) is 6.92 Å². The molecular weight excluding hydrogens is 410 g/mol. The number of anilines is 4. The number of nitrogen functional groups attached to an aromatic ring is 1. The molecule has 3 aromatic rings. The number of nitrogens with two attached hydrogens (primary N) is 1. The van der Waals surface area contributed by atoms with Gasteiger partial charge < -0.3 is 26.0 Å². The van der Waals surface area contributed by atoms with Gasteiger partial charge in [-0.05, 0) is 53.9 Å². The first-order valence-corrected chi connectivity index (χ1v) is 10.2. The van der Waals surface area contributed by atoms with Gasteiger partial charge in [-0.2, -0.15) is 0 Å². The maximum absolute atomic E-state index is 12.9. The van der Waals surface area contributed by atoms with Crippen molar-refractivity contribution in [3.05, 3.63) is 54.7 Å². The van der Waals surface area contributed by atoms with Gasteiger partial charge >= 0.3 is 0 Å². The molecule has 9 heteroatoms. The molecule has 0 radical (unpaired) electrons. The van der Waals surface area contributed by atoms with Crippen LogP contribution in [0.15, 0.2) is 54.7 Å². The first kappa shape index (κ1) is 21.3. The third-order valence-electron chi connectivity index (χ3n) is 5.12. The van der Waals surface area contributed by atoms with Crippen LogP contribution in [0.25, 0.3) is 10.8 Å². The number of morpholine rings is 1. The van der Waals surface area contributed by atoms with E-state index in [1.54, 1.807) is 53.6 Å². The molecule has 1 atom stereocenters. The van der Waals surface area contributed by atoms with Crippen molar-refractivity contribution in [1.82, 2.24) is 4.98 Å².